The number of hydrogen-bond acceptors (Lipinski definition) is 24. The van der Waals surface area contributed by atoms with E-state index in [-0.39, 0.29) is 12.1 Å². The first-order valence-electron chi connectivity index (χ1n) is 40.6. The van der Waals surface area contributed by atoms with Crippen LogP contribution in [0.1, 0.15) is 150 Å². The van der Waals surface area contributed by atoms with Crippen LogP contribution in [0.5, 0.6) is 40.4 Å². The number of rotatable bonds is 33. The Bertz CT molecular complexity index is 5900. The summed E-state index contributed by atoms with van der Waals surface area (Å²) in [6, 6.07) is 31.4. The van der Waals surface area contributed by atoms with Crippen LogP contribution in [0.2, 0.25) is 0 Å². The van der Waals surface area contributed by atoms with Gasteiger partial charge in [-0.3, -0.25) is 72.9 Å². The number of aldehydes is 2. The summed E-state index contributed by atoms with van der Waals surface area (Å²) in [6.07, 6.45) is 37.7. The molecule has 0 N–H and O–H groups in total. The molecule has 0 radical (unpaired) electrons. The average molecular weight is 1670 g/mol. The quantitative estimate of drug-likeness (QED) is 0.0345. The minimum atomic E-state index is 0.225. The third kappa shape index (κ3) is 22.8. The van der Waals surface area contributed by atoms with Crippen molar-refractivity contribution >= 4 is 36.4 Å². The molecule has 29 nitrogen and oxygen atoms in total. The highest BCUT2D eigenvalue weighted by atomic mass is 16.5. The Morgan fingerprint density at radius 2 is 0.855 bits per heavy atom. The van der Waals surface area contributed by atoms with Gasteiger partial charge in [0, 0.05) is 146 Å². The van der Waals surface area contributed by atoms with Crippen molar-refractivity contribution in [3.8, 4) is 85.9 Å². The van der Waals surface area contributed by atoms with Crippen molar-refractivity contribution in [3.05, 3.63) is 295 Å². The first kappa shape index (κ1) is 90.0. The van der Waals surface area contributed by atoms with E-state index in [0.29, 0.717) is 97.8 Å². The highest BCUT2D eigenvalue weighted by Gasteiger charge is 2.23. The van der Waals surface area contributed by atoms with Gasteiger partial charge in [0.05, 0.1) is 126 Å². The van der Waals surface area contributed by atoms with Crippen LogP contribution in [-0.4, -0.2) is 140 Å². The molecule has 638 valence electrons. The Kier molecular flexibility index (Phi) is 33.1. The zero-order valence-electron chi connectivity index (χ0n) is 71.8. The summed E-state index contributed by atoms with van der Waals surface area (Å²) in [5, 5.41) is 21.8. The number of pyridine rings is 9. The topological polar surface area (TPSA) is 313 Å². The second kappa shape index (κ2) is 45.6. The van der Waals surface area contributed by atoms with Crippen LogP contribution in [0.3, 0.4) is 0 Å². The van der Waals surface area contributed by atoms with Crippen molar-refractivity contribution < 1.29 is 47.5 Å². The number of nitrogens with zero attached hydrogens (tertiary/aromatic N) is 19. The number of hydrogen-bond donors (Lipinski definition) is 0. The fourth-order valence-electron chi connectivity index (χ4n) is 13.4. The molecule has 0 aromatic carbocycles. The molecular formula is C95H103N19O10. The average Bonchev–Trinajstić information content (AvgIpc) is 1.63. The molecule has 15 heterocycles. The van der Waals surface area contributed by atoms with E-state index < -0.39 is 0 Å². The first-order valence-corrected chi connectivity index (χ1v) is 40.6. The van der Waals surface area contributed by atoms with Gasteiger partial charge in [-0.15, -0.1) is 0 Å². The lowest BCUT2D eigenvalue weighted by Gasteiger charge is -2.23. The van der Waals surface area contributed by atoms with Crippen LogP contribution >= 0.6 is 0 Å². The maximum atomic E-state index is 11.3. The maximum absolute atomic E-state index is 11.3. The smallest absolute Gasteiger partial charge is 0.213 e. The number of aromatic nitrogens is 19. The monoisotopic (exact) mass is 1670 g/mol. The van der Waals surface area contributed by atoms with E-state index in [0.717, 1.165) is 152 Å². The largest absolute Gasteiger partial charge is 0.494 e. The third-order valence-electron chi connectivity index (χ3n) is 19.7. The molecule has 14 aromatic heterocycles. The van der Waals surface area contributed by atoms with Gasteiger partial charge in [-0.25, -0.2) is 4.98 Å². The Morgan fingerprint density at radius 1 is 0.427 bits per heavy atom. The molecule has 0 amide bonds. The van der Waals surface area contributed by atoms with E-state index in [1.54, 1.807) is 132 Å². The van der Waals surface area contributed by atoms with E-state index in [1.807, 2.05) is 154 Å². The fourth-order valence-corrected chi connectivity index (χ4v) is 13.4. The molecule has 0 saturated heterocycles. The SMILES string of the molecule is C=Cc1c(OC)cncc1OCc1cccnc1-c1ccnn1CC.C=Cc1cc(OC)ncc1OCC1=C(c2ccnn2C(C)C)COCC1.C=Cc1ncccc1OCc1cccnc1-c1ccnn1CCC.CCn1nccc1-c1ncccc1COc1cncc(C)c1C=O.Cc1cncc(OCc2cccnc2-c2ccnn2C(C)C)c1C=O. The van der Waals surface area contributed by atoms with Crippen LogP contribution in [-0.2, 0) is 50.8 Å². The standard InChI is InChI=1S/C20H25N3O3.2C19H20N4O2.C19H20N4O.C18H18N4O2/c1-5-15-10-20(24-4)21-11-19(15)26-12-16-7-9-25-13-17(16)18-6-8-22-23(18)14(2)3;1-13(2)23-17(6-8-22-23)19-15(5-4-7-21-19)12-25-18-10-20-9-14(3)16(18)11-24;1-4-15-17(24-3)11-20-12-18(15)25-13-14-7-6-9-21-19(14)16-8-10-22-23(16)5-2;1-3-13-23-17(9-12-22-23)19-15(7-5-11-21-19)14-24-18-8-6-10-20-16(18)4-2;1-3-22-16(6-8-21-22)18-14(5-4-7-20-18)12-24-17-10-19-9-13(2)15(17)11-23/h5-6,8,10-11,14H,1,7,9,12-13H2,2-4H3;4-11,13H,12H2,1-3H3;4,6-12H,1,5,13H2,2-3H3;4-12H,2-3,13-14H2,1H3;4-11H,3,12H2,1-2H3. The Morgan fingerprint density at radius 3 is 1.32 bits per heavy atom. The third-order valence-corrected chi connectivity index (χ3v) is 19.7. The molecule has 0 saturated carbocycles. The van der Waals surface area contributed by atoms with Gasteiger partial charge in [0.25, 0.3) is 0 Å². The minimum absolute atomic E-state index is 0.225. The summed E-state index contributed by atoms with van der Waals surface area (Å²) < 4.78 is 55.6. The summed E-state index contributed by atoms with van der Waals surface area (Å²) in [4.78, 5) is 61.4. The van der Waals surface area contributed by atoms with Crippen LogP contribution in [0.25, 0.3) is 69.4 Å². The number of aryl methyl sites for hydroxylation is 5. The Hall–Kier alpha value is -14.7. The van der Waals surface area contributed by atoms with E-state index in [4.69, 9.17) is 37.9 Å². The Balaban J connectivity index is 0.000000151. The van der Waals surface area contributed by atoms with E-state index >= 15 is 0 Å². The molecule has 15 rings (SSSR count). The molecular weight excluding hydrogens is 1570 g/mol. The molecule has 0 unspecified atom stereocenters. The minimum Gasteiger partial charge on any atom is -0.494 e. The van der Waals surface area contributed by atoms with Crippen LogP contribution in [0.15, 0.2) is 228 Å². The zero-order valence-corrected chi connectivity index (χ0v) is 71.8. The van der Waals surface area contributed by atoms with Gasteiger partial charge >= 0.3 is 0 Å². The molecule has 0 fully saturated rings. The Labute approximate surface area is 721 Å². The van der Waals surface area contributed by atoms with Gasteiger partial charge in [0.2, 0.25) is 5.88 Å². The second-order valence-electron chi connectivity index (χ2n) is 28.4. The van der Waals surface area contributed by atoms with Gasteiger partial charge < -0.3 is 37.9 Å². The van der Waals surface area contributed by atoms with E-state index in [9.17, 15) is 9.59 Å². The molecule has 0 bridgehead atoms. The van der Waals surface area contributed by atoms with Crippen molar-refractivity contribution in [2.45, 2.75) is 133 Å². The van der Waals surface area contributed by atoms with Crippen LogP contribution < -0.4 is 33.2 Å². The highest BCUT2D eigenvalue weighted by molar-refractivity contribution is 5.82. The molecule has 124 heavy (non-hydrogen) atoms. The van der Waals surface area contributed by atoms with E-state index in [1.165, 1.54) is 5.57 Å². The van der Waals surface area contributed by atoms with Crippen LogP contribution in [0.4, 0.5) is 0 Å². The van der Waals surface area contributed by atoms with Gasteiger partial charge in [-0.05, 0) is 158 Å². The first-order chi connectivity index (χ1) is 60.6. The van der Waals surface area contributed by atoms with Crippen LogP contribution in [0, 0.1) is 13.8 Å². The normalized spacial score (nSPS) is 11.5. The summed E-state index contributed by atoms with van der Waals surface area (Å²) >= 11 is 0. The van der Waals surface area contributed by atoms with Gasteiger partial charge in [-0.2, -0.15) is 25.5 Å². The molecule has 1 aliphatic rings. The lowest BCUT2D eigenvalue weighted by Crippen LogP contribution is -2.18. The summed E-state index contributed by atoms with van der Waals surface area (Å²) in [6.45, 7) is 35.2. The number of carbonyl (C=O) groups excluding carboxylic acids is 2. The zero-order chi connectivity index (χ0) is 87.7. The lowest BCUT2D eigenvalue weighted by molar-refractivity contribution is 0.111. The molecule has 0 aliphatic carbocycles. The van der Waals surface area contributed by atoms with Crippen molar-refractivity contribution in [1.29, 1.82) is 0 Å². The lowest BCUT2D eigenvalue weighted by atomic mass is 10.0. The van der Waals surface area contributed by atoms with Crippen molar-refractivity contribution in [2.24, 2.45) is 0 Å². The van der Waals surface area contributed by atoms with Crippen molar-refractivity contribution in [1.82, 2.24) is 93.8 Å². The number of methoxy groups -OCH3 is 2. The molecule has 1 aliphatic heterocycles. The fraction of sp³-hybridized carbons (Fsp3) is 0.263. The van der Waals surface area contributed by atoms with Gasteiger partial charge in [0.15, 0.2) is 12.6 Å². The van der Waals surface area contributed by atoms with E-state index in [2.05, 4.69) is 125 Å². The summed E-state index contributed by atoms with van der Waals surface area (Å²) in [5.41, 5.74) is 19.5. The maximum Gasteiger partial charge on any atom is 0.213 e. The molecule has 29 heteroatoms. The van der Waals surface area contributed by atoms with Gasteiger partial charge in [0.1, 0.15) is 73.2 Å². The van der Waals surface area contributed by atoms with Crippen molar-refractivity contribution in [2.75, 3.05) is 34.0 Å². The van der Waals surface area contributed by atoms with Gasteiger partial charge in [-0.1, -0.05) is 63.1 Å². The molecule has 0 atom stereocenters. The second-order valence-corrected chi connectivity index (χ2v) is 28.4. The number of carbonyl (C=O) groups is 2. The molecule has 0 spiro atoms. The highest BCUT2D eigenvalue weighted by Crippen LogP contribution is 2.35. The van der Waals surface area contributed by atoms with Crippen molar-refractivity contribution in [3.63, 3.8) is 0 Å². The molecule has 14 aromatic rings. The predicted octanol–water partition coefficient (Wildman–Crippen LogP) is 18.0. The summed E-state index contributed by atoms with van der Waals surface area (Å²) in [7, 11) is 3.19. The predicted molar refractivity (Wildman–Crippen MR) is 476 cm³/mol. The summed E-state index contributed by atoms with van der Waals surface area (Å²) in [5.74, 6) is 4.14. The number of ether oxygens (including phenoxy) is 8.